The molecule has 0 radical (unpaired) electrons. The molecule has 2 aromatic carbocycles. The summed E-state index contributed by atoms with van der Waals surface area (Å²) in [5.74, 6) is -0.108. The van der Waals surface area contributed by atoms with Crippen LogP contribution in [0.3, 0.4) is 0 Å². The molecule has 2 aromatic rings. The van der Waals surface area contributed by atoms with Gasteiger partial charge >= 0.3 is 0 Å². The van der Waals surface area contributed by atoms with Crippen LogP contribution in [0.5, 0.6) is 0 Å². The maximum absolute atomic E-state index is 12.8. The molecule has 5 heteroatoms. The third kappa shape index (κ3) is 4.88. The Hall–Kier alpha value is -2.82. The van der Waals surface area contributed by atoms with Crippen molar-refractivity contribution in [2.24, 2.45) is 0 Å². The summed E-state index contributed by atoms with van der Waals surface area (Å²) >= 11 is 0. The van der Waals surface area contributed by atoms with Crippen LogP contribution in [0, 0.1) is 0 Å². The van der Waals surface area contributed by atoms with Crippen LogP contribution in [-0.4, -0.2) is 48.4 Å². The van der Waals surface area contributed by atoms with Crippen LogP contribution in [0.4, 0.5) is 5.69 Å². The molecule has 142 valence electrons. The normalized spacial score (nSPS) is 14.8. The summed E-state index contributed by atoms with van der Waals surface area (Å²) in [7, 11) is 0. The van der Waals surface area contributed by atoms with E-state index in [9.17, 15) is 9.59 Å². The standard InChI is InChI=1S/C22H27N3O2/c1-22(2,3)23-20(26)17-9-11-18(12-10-17)21(27)25-15-13-24(14-16-25)19-7-5-4-6-8-19/h4-12H,13-16H2,1-3H3,(H,23,26). The van der Waals surface area contributed by atoms with Crippen molar-refractivity contribution in [2.75, 3.05) is 31.1 Å². The highest BCUT2D eigenvalue weighted by molar-refractivity contribution is 5.98. The number of benzene rings is 2. The van der Waals surface area contributed by atoms with Gasteiger partial charge in [0.1, 0.15) is 0 Å². The zero-order valence-corrected chi connectivity index (χ0v) is 16.2. The molecule has 0 aliphatic carbocycles. The van der Waals surface area contributed by atoms with E-state index < -0.39 is 0 Å². The fourth-order valence-electron chi connectivity index (χ4n) is 3.17. The van der Waals surface area contributed by atoms with Crippen molar-refractivity contribution >= 4 is 17.5 Å². The molecule has 3 rings (SSSR count). The highest BCUT2D eigenvalue weighted by atomic mass is 16.2. The number of hydrogen-bond donors (Lipinski definition) is 1. The fraction of sp³-hybridized carbons (Fsp3) is 0.364. The van der Waals surface area contributed by atoms with Crippen LogP contribution < -0.4 is 10.2 Å². The Morgan fingerprint density at radius 2 is 1.37 bits per heavy atom. The summed E-state index contributed by atoms with van der Waals surface area (Å²) in [6.45, 7) is 8.86. The fourth-order valence-corrected chi connectivity index (χ4v) is 3.17. The number of hydrogen-bond acceptors (Lipinski definition) is 3. The molecule has 1 aliphatic heterocycles. The number of carbonyl (C=O) groups is 2. The third-order valence-electron chi connectivity index (χ3n) is 4.57. The van der Waals surface area contributed by atoms with Crippen LogP contribution >= 0.6 is 0 Å². The quantitative estimate of drug-likeness (QED) is 0.909. The summed E-state index contributed by atoms with van der Waals surface area (Å²) in [5.41, 5.74) is 2.09. The van der Waals surface area contributed by atoms with Crippen molar-refractivity contribution in [3.63, 3.8) is 0 Å². The molecule has 0 spiro atoms. The number of nitrogens with zero attached hydrogens (tertiary/aromatic N) is 2. The van der Waals surface area contributed by atoms with Crippen LogP contribution in [0.2, 0.25) is 0 Å². The van der Waals surface area contributed by atoms with E-state index in [1.165, 1.54) is 5.69 Å². The van der Waals surface area contributed by atoms with E-state index in [2.05, 4.69) is 22.3 Å². The van der Waals surface area contributed by atoms with Gasteiger partial charge < -0.3 is 15.1 Å². The average Bonchev–Trinajstić information content (AvgIpc) is 2.67. The lowest BCUT2D eigenvalue weighted by Gasteiger charge is -2.36. The molecule has 0 atom stereocenters. The van der Waals surface area contributed by atoms with Gasteiger partial charge in [0.25, 0.3) is 11.8 Å². The van der Waals surface area contributed by atoms with Crippen molar-refractivity contribution in [2.45, 2.75) is 26.3 Å². The molecule has 1 saturated heterocycles. The van der Waals surface area contributed by atoms with E-state index in [-0.39, 0.29) is 17.4 Å². The first-order chi connectivity index (χ1) is 12.8. The van der Waals surface area contributed by atoms with Gasteiger partial charge in [-0.3, -0.25) is 9.59 Å². The largest absolute Gasteiger partial charge is 0.368 e. The molecule has 0 unspecified atom stereocenters. The van der Waals surface area contributed by atoms with Gasteiger partial charge in [-0.2, -0.15) is 0 Å². The molecule has 0 bridgehead atoms. The summed E-state index contributed by atoms with van der Waals surface area (Å²) in [6, 6.07) is 17.2. The second-order valence-corrected chi connectivity index (χ2v) is 7.90. The van der Waals surface area contributed by atoms with Gasteiger partial charge in [0.05, 0.1) is 0 Å². The number of rotatable bonds is 3. The Bertz CT molecular complexity index is 787. The van der Waals surface area contributed by atoms with Crippen molar-refractivity contribution < 1.29 is 9.59 Å². The lowest BCUT2D eigenvalue weighted by atomic mass is 10.1. The van der Waals surface area contributed by atoms with E-state index in [1.54, 1.807) is 24.3 Å². The topological polar surface area (TPSA) is 52.7 Å². The lowest BCUT2D eigenvalue weighted by molar-refractivity contribution is 0.0746. The second kappa shape index (κ2) is 7.82. The summed E-state index contributed by atoms with van der Waals surface area (Å²) in [6.07, 6.45) is 0. The van der Waals surface area contributed by atoms with Gasteiger partial charge in [-0.25, -0.2) is 0 Å². The number of para-hydroxylation sites is 1. The number of carbonyl (C=O) groups excluding carboxylic acids is 2. The molecule has 0 saturated carbocycles. The molecule has 1 N–H and O–H groups in total. The second-order valence-electron chi connectivity index (χ2n) is 7.90. The van der Waals surface area contributed by atoms with Crippen molar-refractivity contribution in [1.29, 1.82) is 0 Å². The SMILES string of the molecule is CC(C)(C)NC(=O)c1ccc(C(=O)N2CCN(c3ccccc3)CC2)cc1. The van der Waals surface area contributed by atoms with E-state index >= 15 is 0 Å². The van der Waals surface area contributed by atoms with Crippen LogP contribution in [0.1, 0.15) is 41.5 Å². The monoisotopic (exact) mass is 365 g/mol. The predicted molar refractivity (Wildman–Crippen MR) is 108 cm³/mol. The molecule has 1 heterocycles. The first kappa shape index (κ1) is 19.0. The lowest BCUT2D eigenvalue weighted by Crippen LogP contribution is -2.48. The molecule has 5 nitrogen and oxygen atoms in total. The van der Waals surface area contributed by atoms with Gasteiger partial charge in [-0.05, 0) is 57.2 Å². The minimum Gasteiger partial charge on any atom is -0.368 e. The number of anilines is 1. The molecular formula is C22H27N3O2. The highest BCUT2D eigenvalue weighted by Crippen LogP contribution is 2.17. The summed E-state index contributed by atoms with van der Waals surface area (Å²) in [5, 5.41) is 2.93. The van der Waals surface area contributed by atoms with Crippen LogP contribution in [-0.2, 0) is 0 Å². The molecule has 1 fully saturated rings. The predicted octanol–water partition coefficient (Wildman–Crippen LogP) is 3.18. The number of nitrogens with one attached hydrogen (secondary N) is 1. The van der Waals surface area contributed by atoms with Gasteiger partial charge in [0, 0.05) is 48.5 Å². The molecule has 27 heavy (non-hydrogen) atoms. The molecule has 1 aliphatic rings. The van der Waals surface area contributed by atoms with Gasteiger partial charge in [-0.15, -0.1) is 0 Å². The molecular weight excluding hydrogens is 338 g/mol. The zero-order chi connectivity index (χ0) is 19.4. The van der Waals surface area contributed by atoms with E-state index in [4.69, 9.17) is 0 Å². The summed E-state index contributed by atoms with van der Waals surface area (Å²) in [4.78, 5) is 29.1. The Balaban J connectivity index is 1.59. The van der Waals surface area contributed by atoms with E-state index in [0.717, 1.165) is 13.1 Å². The Labute approximate surface area is 161 Å². The smallest absolute Gasteiger partial charge is 0.253 e. The maximum Gasteiger partial charge on any atom is 0.253 e. The zero-order valence-electron chi connectivity index (χ0n) is 16.2. The molecule has 0 aromatic heterocycles. The maximum atomic E-state index is 12.8. The minimum atomic E-state index is -0.288. The minimum absolute atomic E-state index is 0.0190. The van der Waals surface area contributed by atoms with E-state index in [0.29, 0.717) is 24.2 Å². The summed E-state index contributed by atoms with van der Waals surface area (Å²) < 4.78 is 0. The van der Waals surface area contributed by atoms with Crippen LogP contribution in [0.15, 0.2) is 54.6 Å². The Kier molecular flexibility index (Phi) is 5.49. The Morgan fingerprint density at radius 3 is 1.93 bits per heavy atom. The number of piperazine rings is 1. The highest BCUT2D eigenvalue weighted by Gasteiger charge is 2.22. The number of amides is 2. The first-order valence-electron chi connectivity index (χ1n) is 9.35. The van der Waals surface area contributed by atoms with Gasteiger partial charge in [0.2, 0.25) is 0 Å². The van der Waals surface area contributed by atoms with Gasteiger partial charge in [0.15, 0.2) is 0 Å². The van der Waals surface area contributed by atoms with Crippen molar-refractivity contribution in [3.8, 4) is 0 Å². The van der Waals surface area contributed by atoms with Gasteiger partial charge in [-0.1, -0.05) is 18.2 Å². The first-order valence-corrected chi connectivity index (χ1v) is 9.35. The van der Waals surface area contributed by atoms with Crippen LogP contribution in [0.25, 0.3) is 0 Å². The average molecular weight is 365 g/mol. The van der Waals surface area contributed by atoms with E-state index in [1.807, 2.05) is 43.9 Å². The van der Waals surface area contributed by atoms with Crippen molar-refractivity contribution in [3.05, 3.63) is 65.7 Å². The third-order valence-corrected chi connectivity index (χ3v) is 4.57. The molecule has 2 amide bonds. The Morgan fingerprint density at radius 1 is 0.815 bits per heavy atom. The van der Waals surface area contributed by atoms with Crippen molar-refractivity contribution in [1.82, 2.24) is 10.2 Å².